The highest BCUT2D eigenvalue weighted by Gasteiger charge is 2.34. The van der Waals surface area contributed by atoms with E-state index in [-0.39, 0.29) is 0 Å². The Labute approximate surface area is 174 Å². The van der Waals surface area contributed by atoms with Gasteiger partial charge in [-0.25, -0.2) is 4.79 Å². The molecule has 0 saturated carbocycles. The monoisotopic (exact) mass is 402 g/mol. The number of carbonyl (C=O) groups is 1. The Kier molecular flexibility index (Phi) is 9.08. The minimum Gasteiger partial charge on any atom is -0.429 e. The van der Waals surface area contributed by atoms with Crippen LogP contribution < -0.4 is 0 Å². The van der Waals surface area contributed by atoms with E-state index in [1.54, 1.807) is 0 Å². The van der Waals surface area contributed by atoms with E-state index < -0.39 is 24.7 Å². The predicted molar refractivity (Wildman–Crippen MR) is 114 cm³/mol. The van der Waals surface area contributed by atoms with Crippen LogP contribution in [0, 0.1) is 0 Å². The van der Waals surface area contributed by atoms with Crippen LogP contribution in [0.15, 0.2) is 58.2 Å². The quantitative estimate of drug-likeness (QED) is 0.434. The van der Waals surface area contributed by atoms with Crippen molar-refractivity contribution in [2.24, 2.45) is 0 Å². The standard InChI is InChI=1S/C24H34O5/c1-16(2)7-5-8-17(3)9-6-10-18(4)11-12-19-13-14-21(28-23(19)26)20-15-22(25)29-24(20)27/h7,9,11,13,15,21,23-24,26-27H,5-6,8,10,12,14H2,1-4H3/b17-9+,18-11+. The van der Waals surface area contributed by atoms with Crippen molar-refractivity contribution in [2.45, 2.75) is 84.9 Å². The van der Waals surface area contributed by atoms with Gasteiger partial charge < -0.3 is 19.7 Å². The zero-order valence-corrected chi connectivity index (χ0v) is 18.0. The van der Waals surface area contributed by atoms with Gasteiger partial charge in [-0.1, -0.05) is 41.0 Å². The lowest BCUT2D eigenvalue weighted by Crippen LogP contribution is -2.32. The van der Waals surface area contributed by atoms with Gasteiger partial charge in [-0.2, -0.15) is 0 Å². The summed E-state index contributed by atoms with van der Waals surface area (Å²) in [5.41, 5.74) is 5.23. The average molecular weight is 403 g/mol. The molecule has 5 nitrogen and oxygen atoms in total. The zero-order chi connectivity index (χ0) is 21.4. The van der Waals surface area contributed by atoms with Gasteiger partial charge in [0, 0.05) is 11.6 Å². The Morgan fingerprint density at radius 3 is 2.28 bits per heavy atom. The van der Waals surface area contributed by atoms with Gasteiger partial charge in [-0.15, -0.1) is 0 Å². The van der Waals surface area contributed by atoms with Crippen molar-refractivity contribution < 1.29 is 24.5 Å². The molecule has 3 unspecified atom stereocenters. The first-order valence-corrected chi connectivity index (χ1v) is 10.3. The van der Waals surface area contributed by atoms with E-state index in [0.717, 1.165) is 31.3 Å². The maximum absolute atomic E-state index is 11.2. The highest BCUT2D eigenvalue weighted by atomic mass is 16.6. The summed E-state index contributed by atoms with van der Waals surface area (Å²) in [5.74, 6) is -0.583. The normalized spacial score (nSPS) is 25.4. The number of esters is 1. The lowest BCUT2D eigenvalue weighted by atomic mass is 9.98. The van der Waals surface area contributed by atoms with Crippen LogP contribution in [0.3, 0.4) is 0 Å². The number of allylic oxidation sites excluding steroid dienone is 6. The molecule has 0 aliphatic carbocycles. The molecule has 0 spiro atoms. The third-order valence-electron chi connectivity index (χ3n) is 5.18. The number of ether oxygens (including phenoxy) is 2. The van der Waals surface area contributed by atoms with Crippen LogP contribution in [0.5, 0.6) is 0 Å². The fourth-order valence-corrected chi connectivity index (χ4v) is 3.36. The lowest BCUT2D eigenvalue weighted by molar-refractivity contribution is -0.155. The third kappa shape index (κ3) is 7.77. The molecule has 3 atom stereocenters. The summed E-state index contributed by atoms with van der Waals surface area (Å²) in [6.07, 6.45) is 12.3. The molecular weight excluding hydrogens is 368 g/mol. The molecule has 0 fully saturated rings. The minimum atomic E-state index is -1.28. The second-order valence-electron chi connectivity index (χ2n) is 8.09. The molecule has 2 heterocycles. The lowest BCUT2D eigenvalue weighted by Gasteiger charge is -2.28. The Bertz CT molecular complexity index is 734. The molecule has 0 amide bonds. The van der Waals surface area contributed by atoms with E-state index in [9.17, 15) is 15.0 Å². The number of aliphatic hydroxyl groups is 2. The third-order valence-corrected chi connectivity index (χ3v) is 5.18. The van der Waals surface area contributed by atoms with Gasteiger partial charge in [0.2, 0.25) is 6.29 Å². The van der Waals surface area contributed by atoms with Crippen LogP contribution in [0.2, 0.25) is 0 Å². The van der Waals surface area contributed by atoms with Crippen LogP contribution in [-0.4, -0.2) is 34.9 Å². The van der Waals surface area contributed by atoms with E-state index >= 15 is 0 Å². The van der Waals surface area contributed by atoms with Crippen molar-refractivity contribution in [1.82, 2.24) is 0 Å². The van der Waals surface area contributed by atoms with Crippen molar-refractivity contribution in [1.29, 1.82) is 0 Å². The fourth-order valence-electron chi connectivity index (χ4n) is 3.36. The molecule has 2 aliphatic rings. The van der Waals surface area contributed by atoms with Gasteiger partial charge in [0.15, 0.2) is 6.29 Å². The van der Waals surface area contributed by atoms with Gasteiger partial charge in [0.25, 0.3) is 0 Å². The van der Waals surface area contributed by atoms with Crippen molar-refractivity contribution >= 4 is 5.97 Å². The van der Waals surface area contributed by atoms with Crippen molar-refractivity contribution in [3.05, 3.63) is 58.2 Å². The zero-order valence-electron chi connectivity index (χ0n) is 18.0. The van der Waals surface area contributed by atoms with Gasteiger partial charge in [-0.05, 0) is 71.8 Å². The maximum Gasteiger partial charge on any atom is 0.333 e. The second-order valence-corrected chi connectivity index (χ2v) is 8.09. The molecule has 0 aromatic heterocycles. The molecule has 2 N–H and O–H groups in total. The maximum atomic E-state index is 11.2. The molecule has 29 heavy (non-hydrogen) atoms. The SMILES string of the molecule is CC(C)=CCC/C(C)=C/CC/C(C)=C/CC1=CCC(C2=CC(=O)OC2O)OC1O. The molecular formula is C24H34O5. The molecule has 0 aromatic rings. The molecule has 0 saturated heterocycles. The Balaban J connectivity index is 1.79. The fraction of sp³-hybridized carbons (Fsp3) is 0.542. The molecule has 0 aromatic carbocycles. The van der Waals surface area contributed by atoms with Gasteiger partial charge in [0.05, 0.1) is 6.10 Å². The molecule has 0 radical (unpaired) electrons. The summed E-state index contributed by atoms with van der Waals surface area (Å²) < 4.78 is 10.3. The topological polar surface area (TPSA) is 76.0 Å². The summed E-state index contributed by atoms with van der Waals surface area (Å²) >= 11 is 0. The second kappa shape index (κ2) is 11.3. The van der Waals surface area contributed by atoms with Crippen LogP contribution in [0.4, 0.5) is 0 Å². The van der Waals surface area contributed by atoms with Gasteiger partial charge in [-0.3, -0.25) is 0 Å². The first-order chi connectivity index (χ1) is 13.8. The highest BCUT2D eigenvalue weighted by molar-refractivity contribution is 5.85. The Morgan fingerprint density at radius 1 is 1.03 bits per heavy atom. The summed E-state index contributed by atoms with van der Waals surface area (Å²) in [7, 11) is 0. The van der Waals surface area contributed by atoms with Crippen molar-refractivity contribution in [3.63, 3.8) is 0 Å². The Morgan fingerprint density at radius 2 is 1.69 bits per heavy atom. The summed E-state index contributed by atoms with van der Waals surface area (Å²) in [5, 5.41) is 20.0. The van der Waals surface area contributed by atoms with E-state index in [1.807, 2.05) is 6.08 Å². The Hall–Kier alpha value is -1.95. The van der Waals surface area contributed by atoms with Crippen LogP contribution in [0.1, 0.15) is 66.2 Å². The van der Waals surface area contributed by atoms with Crippen molar-refractivity contribution in [2.75, 3.05) is 0 Å². The number of cyclic esters (lactones) is 1. The van der Waals surface area contributed by atoms with Gasteiger partial charge >= 0.3 is 5.97 Å². The first kappa shape index (κ1) is 23.3. The highest BCUT2D eigenvalue weighted by Crippen LogP contribution is 2.29. The number of hydrogen-bond acceptors (Lipinski definition) is 5. The molecule has 2 aliphatic heterocycles. The van der Waals surface area contributed by atoms with E-state index in [4.69, 9.17) is 4.74 Å². The van der Waals surface area contributed by atoms with Crippen LogP contribution >= 0.6 is 0 Å². The molecule has 0 bridgehead atoms. The van der Waals surface area contributed by atoms with E-state index in [1.165, 1.54) is 22.8 Å². The number of hydrogen-bond donors (Lipinski definition) is 2. The first-order valence-electron chi connectivity index (χ1n) is 10.3. The molecule has 2 rings (SSSR count). The summed E-state index contributed by atoms with van der Waals surface area (Å²) in [6, 6.07) is 0. The van der Waals surface area contributed by atoms with Gasteiger partial charge in [0.1, 0.15) is 0 Å². The van der Waals surface area contributed by atoms with Crippen LogP contribution in [-0.2, 0) is 14.3 Å². The number of rotatable bonds is 9. The summed E-state index contributed by atoms with van der Waals surface area (Å²) in [6.45, 7) is 8.54. The smallest absolute Gasteiger partial charge is 0.333 e. The number of carbonyl (C=O) groups excluding carboxylic acids is 1. The van der Waals surface area contributed by atoms with Crippen LogP contribution in [0.25, 0.3) is 0 Å². The average Bonchev–Trinajstić information content (AvgIpc) is 2.98. The minimum absolute atomic E-state index is 0.364. The number of aliphatic hydroxyl groups excluding tert-OH is 2. The molecule has 160 valence electrons. The van der Waals surface area contributed by atoms with Crippen molar-refractivity contribution in [3.8, 4) is 0 Å². The largest absolute Gasteiger partial charge is 0.429 e. The summed E-state index contributed by atoms with van der Waals surface area (Å²) in [4.78, 5) is 11.2. The molecule has 5 heteroatoms. The predicted octanol–water partition coefficient (Wildman–Crippen LogP) is 4.63. The van der Waals surface area contributed by atoms with E-state index in [0.29, 0.717) is 18.4 Å². The van der Waals surface area contributed by atoms with E-state index in [2.05, 4.69) is 50.7 Å².